The minimum Gasteiger partial charge on any atom is -1.00 e. The Bertz CT molecular complexity index is 1950. The number of benzene rings is 4. The number of hydrogen-bond acceptors (Lipinski definition) is 12. The molecule has 3 N–H and O–H groups in total. The van der Waals surface area contributed by atoms with Crippen LogP contribution in [0.5, 0.6) is 11.5 Å². The van der Waals surface area contributed by atoms with Crippen molar-refractivity contribution in [3.63, 3.8) is 0 Å². The van der Waals surface area contributed by atoms with Gasteiger partial charge in [-0.3, -0.25) is 15.3 Å². The predicted octanol–water partition coefficient (Wildman–Crippen LogP) is 5.41. The van der Waals surface area contributed by atoms with Crippen LogP contribution in [0.15, 0.2) is 135 Å². The zero-order valence-electron chi connectivity index (χ0n) is 40.1. The summed E-state index contributed by atoms with van der Waals surface area (Å²) < 4.78 is 16.4. The Morgan fingerprint density at radius 1 is 0.642 bits per heavy atom. The van der Waals surface area contributed by atoms with E-state index in [0.717, 1.165) is 101 Å². The van der Waals surface area contributed by atoms with E-state index in [1.807, 2.05) is 78.9 Å². The van der Waals surface area contributed by atoms with Gasteiger partial charge in [0.1, 0.15) is 23.7 Å². The van der Waals surface area contributed by atoms with Crippen molar-refractivity contribution in [3.05, 3.63) is 168 Å². The van der Waals surface area contributed by atoms with Crippen LogP contribution in [0.1, 0.15) is 112 Å². The van der Waals surface area contributed by atoms with Crippen LogP contribution in [0.3, 0.4) is 0 Å². The molecule has 0 heterocycles. The summed E-state index contributed by atoms with van der Waals surface area (Å²) in [6.07, 6.45) is 16.4. The van der Waals surface area contributed by atoms with Crippen LogP contribution < -0.4 is 118 Å². The van der Waals surface area contributed by atoms with Gasteiger partial charge in [-0.1, -0.05) is 140 Å². The molecule has 0 aliphatic rings. The number of unbranched alkanes of at least 4 members (excludes halogenated alkanes) is 4. The zero-order valence-corrected chi connectivity index (χ0v) is 47.0. The van der Waals surface area contributed by atoms with Crippen LogP contribution >= 0.6 is 15.9 Å². The van der Waals surface area contributed by atoms with Crippen LogP contribution in [-0.4, -0.2) is 59.2 Å². The van der Waals surface area contributed by atoms with Crippen LogP contribution in [-0.2, 0) is 33.8 Å². The molecule has 13 nitrogen and oxygen atoms in total. The van der Waals surface area contributed by atoms with Crippen LogP contribution in [0.2, 0.25) is 0 Å². The van der Waals surface area contributed by atoms with Gasteiger partial charge in [0, 0.05) is 17.5 Å². The van der Waals surface area contributed by atoms with Gasteiger partial charge in [0.2, 0.25) is 0 Å². The molecule has 0 bridgehead atoms. The fourth-order valence-electron chi connectivity index (χ4n) is 5.45. The number of carbonyl (C=O) groups excluding carboxylic acids is 2. The van der Waals surface area contributed by atoms with Crippen molar-refractivity contribution < 1.29 is 168 Å². The van der Waals surface area contributed by atoms with Gasteiger partial charge in [-0.05, 0) is 95.5 Å². The number of esters is 1. The zero-order chi connectivity index (χ0) is 47.9. The second kappa shape index (κ2) is 44.6. The summed E-state index contributed by atoms with van der Waals surface area (Å²) in [7, 11) is 0. The predicted molar refractivity (Wildman–Crippen MR) is 255 cm³/mol. The minimum atomic E-state index is -0.998. The molecule has 67 heavy (non-hydrogen) atoms. The number of ether oxygens (including phenoxy) is 3. The first-order valence-electron chi connectivity index (χ1n) is 21.2. The average Bonchev–Trinajstić information content (AvgIpc) is 3.33. The van der Waals surface area contributed by atoms with Gasteiger partial charge in [-0.25, -0.2) is 19.4 Å². The Morgan fingerprint density at radius 2 is 1.01 bits per heavy atom. The van der Waals surface area contributed by atoms with E-state index in [1.165, 1.54) is 12.2 Å². The van der Waals surface area contributed by atoms with Gasteiger partial charge >= 0.3 is 115 Å². The Hall–Kier alpha value is -2.60. The number of halogens is 1. The number of allylic oxidation sites excluding steroid dienone is 1. The molecule has 354 valence electrons. The molecule has 0 aromatic heterocycles. The number of carbonyl (C=O) groups is 3. The average molecular weight is 1040 g/mol. The molecule has 4 rings (SSSR count). The molecule has 0 amide bonds. The van der Waals surface area contributed by atoms with E-state index in [9.17, 15) is 20.1 Å². The van der Waals surface area contributed by atoms with Crippen LogP contribution in [0, 0.1) is 0 Å². The topological polar surface area (TPSA) is 190 Å². The number of carboxylic acids is 1. The van der Waals surface area contributed by atoms with E-state index in [2.05, 4.69) is 52.7 Å². The molecular weight excluding hydrogens is 979 g/mol. The maximum atomic E-state index is 11.6. The van der Waals surface area contributed by atoms with E-state index in [4.69, 9.17) is 34.3 Å². The van der Waals surface area contributed by atoms with E-state index in [-0.39, 0.29) is 111 Å². The summed E-state index contributed by atoms with van der Waals surface area (Å²) in [5.74, 6) is 0.194. The maximum absolute atomic E-state index is 11.6. The largest absolute Gasteiger partial charge is 1.00 e. The van der Waals surface area contributed by atoms with E-state index in [1.54, 1.807) is 36.4 Å². The van der Waals surface area contributed by atoms with Crippen molar-refractivity contribution in [2.24, 2.45) is 0 Å². The first-order valence-corrected chi connectivity index (χ1v) is 22.3. The second-order valence-electron chi connectivity index (χ2n) is 13.8. The van der Waals surface area contributed by atoms with Crippen LogP contribution in [0.4, 0.5) is 0 Å². The fraction of sp³-hybridized carbons (Fsp3) is 0.314. The number of aliphatic carboxylic acids is 1. The normalized spacial score (nSPS) is 11.0. The third kappa shape index (κ3) is 31.3. The molecule has 4 aromatic carbocycles. The number of hydrogen-bond donors (Lipinski definition) is 3. The Labute approximate surface area is 490 Å². The molecule has 0 spiro atoms. The van der Waals surface area contributed by atoms with Gasteiger partial charge in [-0.15, -0.1) is 13.2 Å². The minimum absolute atomic E-state index is 0. The van der Waals surface area contributed by atoms with Gasteiger partial charge in [0.15, 0.2) is 0 Å². The molecule has 4 aromatic rings. The molecular formula is C51H63BrK2O13. The first-order chi connectivity index (χ1) is 31.6. The third-order valence-corrected chi connectivity index (χ3v) is 9.30. The van der Waals surface area contributed by atoms with Gasteiger partial charge in [-0.2, -0.15) is 0 Å². The molecule has 0 aliphatic heterocycles. The van der Waals surface area contributed by atoms with E-state index in [0.29, 0.717) is 26.2 Å². The van der Waals surface area contributed by atoms with E-state index >= 15 is 0 Å². The smallest absolute Gasteiger partial charge is 1.00 e. The number of carboxylic acid groups (broad SMARTS) is 1. The SMILES string of the molecule is C=CCCBr.C=CCCOC(=O)C=Cc1ccc(C(OO)c2ccc(OCCCCC)cc2)cc1.CCCCCOc1ccc(C(OO)c2ccc(C=CC(=O)O)cc2)cc1.O=CO[O-].[H-].[K+].[K+]. The second-order valence-corrected chi connectivity index (χ2v) is 14.6. The summed E-state index contributed by atoms with van der Waals surface area (Å²) in [5.41, 5.74) is 4.75. The summed E-state index contributed by atoms with van der Waals surface area (Å²) in [5, 5.41) is 36.9. The maximum Gasteiger partial charge on any atom is 1.00 e. The molecule has 0 fully saturated rings. The Balaban J connectivity index is -0.00000102. The van der Waals surface area contributed by atoms with E-state index < -0.39 is 24.1 Å². The van der Waals surface area contributed by atoms with Gasteiger partial charge in [0.05, 0.1) is 19.8 Å². The summed E-state index contributed by atoms with van der Waals surface area (Å²) in [6.45, 7) is 12.9. The molecule has 0 radical (unpaired) electrons. The van der Waals surface area contributed by atoms with Crippen molar-refractivity contribution in [3.8, 4) is 11.5 Å². The molecule has 0 saturated heterocycles. The quantitative estimate of drug-likeness (QED) is 0.00834. The van der Waals surface area contributed by atoms with Gasteiger partial charge in [0.25, 0.3) is 6.47 Å². The summed E-state index contributed by atoms with van der Waals surface area (Å²) in [6, 6.07) is 29.4. The van der Waals surface area contributed by atoms with Crippen molar-refractivity contribution in [2.45, 2.75) is 77.4 Å². The number of rotatable bonds is 26. The standard InChI is InChI=1S/C25H30O5.C21H24O5.C4H7Br.CH2O3.2K.H/c1-3-5-7-19-28-23-15-13-22(14-16-23)25(30-27)21-11-8-20(9-12-21)10-17-24(26)29-18-6-4-2;1-2-3-4-15-25-19-12-10-18(11-13-19)21(26-24)17-8-5-16(6-9-17)7-14-20(22)23;1-2-3-4-5;2-1-4-3;;;/h4,8-17,25,27H,2-3,5-7,18-19H2,1H3;5-14,21,24H,2-4,15H2,1H3,(H,22,23);2H,1,3-4H2;1,3H;;;/q;;;;2*+1;-1/p-1. The summed E-state index contributed by atoms with van der Waals surface area (Å²) in [4.78, 5) is 42.8. The van der Waals surface area contributed by atoms with Crippen molar-refractivity contribution in [2.75, 3.05) is 25.2 Å². The summed E-state index contributed by atoms with van der Waals surface area (Å²) >= 11 is 3.24. The Morgan fingerprint density at radius 3 is 1.31 bits per heavy atom. The van der Waals surface area contributed by atoms with Crippen molar-refractivity contribution in [1.82, 2.24) is 0 Å². The first kappa shape index (κ1) is 66.5. The molecule has 0 aliphatic carbocycles. The Kier molecular flexibility index (Phi) is 44.3. The van der Waals surface area contributed by atoms with Crippen molar-refractivity contribution >= 4 is 46.5 Å². The van der Waals surface area contributed by atoms with Crippen LogP contribution in [0.25, 0.3) is 12.2 Å². The number of alkyl halides is 1. The molecule has 2 unspecified atom stereocenters. The van der Waals surface area contributed by atoms with Gasteiger partial charge < -0.3 is 30.9 Å². The molecule has 16 heteroatoms. The van der Waals surface area contributed by atoms with Crippen molar-refractivity contribution in [1.29, 1.82) is 0 Å². The molecule has 0 saturated carbocycles. The third-order valence-electron chi connectivity index (χ3n) is 8.84. The fourth-order valence-corrected chi connectivity index (χ4v) is 5.78. The molecule has 2 atom stereocenters. The monoisotopic (exact) mass is 1040 g/mol.